The van der Waals surface area contributed by atoms with Gasteiger partial charge < -0.3 is 10.2 Å². The van der Waals surface area contributed by atoms with Crippen LogP contribution in [0.15, 0.2) is 35.9 Å². The second-order valence-corrected chi connectivity index (χ2v) is 3.16. The van der Waals surface area contributed by atoms with Gasteiger partial charge in [0.25, 0.3) is 0 Å². The SMILES string of the molecule is OCCC(=Cc1ccccc1)CCO. The molecule has 0 fully saturated rings. The van der Waals surface area contributed by atoms with Crippen LogP contribution >= 0.6 is 0 Å². The monoisotopic (exact) mass is 192 g/mol. The van der Waals surface area contributed by atoms with E-state index in [9.17, 15) is 0 Å². The highest BCUT2D eigenvalue weighted by Crippen LogP contribution is 2.12. The molecule has 1 rings (SSSR count). The minimum absolute atomic E-state index is 0.138. The van der Waals surface area contributed by atoms with Gasteiger partial charge >= 0.3 is 0 Å². The quantitative estimate of drug-likeness (QED) is 0.747. The summed E-state index contributed by atoms with van der Waals surface area (Å²) in [6, 6.07) is 9.93. The van der Waals surface area contributed by atoms with Gasteiger partial charge in [-0.1, -0.05) is 42.0 Å². The zero-order valence-corrected chi connectivity index (χ0v) is 8.19. The highest BCUT2D eigenvalue weighted by molar-refractivity contribution is 5.52. The average Bonchev–Trinajstić information content (AvgIpc) is 2.20. The first-order chi connectivity index (χ1) is 6.86. The van der Waals surface area contributed by atoms with Crippen molar-refractivity contribution in [3.63, 3.8) is 0 Å². The molecule has 0 radical (unpaired) electrons. The Morgan fingerprint density at radius 1 is 1.00 bits per heavy atom. The Morgan fingerprint density at radius 2 is 1.57 bits per heavy atom. The lowest BCUT2D eigenvalue weighted by Crippen LogP contribution is -1.92. The molecule has 0 aliphatic rings. The number of hydrogen-bond donors (Lipinski definition) is 2. The van der Waals surface area contributed by atoms with E-state index >= 15 is 0 Å². The van der Waals surface area contributed by atoms with Gasteiger partial charge in [0.1, 0.15) is 0 Å². The van der Waals surface area contributed by atoms with Gasteiger partial charge in [0.05, 0.1) is 0 Å². The maximum Gasteiger partial charge on any atom is 0.0468 e. The van der Waals surface area contributed by atoms with E-state index in [0.29, 0.717) is 12.8 Å². The number of aliphatic hydroxyl groups excluding tert-OH is 2. The second kappa shape index (κ2) is 6.35. The number of aliphatic hydroxyl groups is 2. The predicted molar refractivity (Wildman–Crippen MR) is 57.8 cm³/mol. The molecule has 0 bridgehead atoms. The third kappa shape index (κ3) is 3.73. The lowest BCUT2D eigenvalue weighted by atomic mass is 10.1. The standard InChI is InChI=1S/C12H16O2/c13-8-6-12(7-9-14)10-11-4-2-1-3-5-11/h1-5,10,13-14H,6-9H2. The summed E-state index contributed by atoms with van der Waals surface area (Å²) in [5.41, 5.74) is 2.20. The topological polar surface area (TPSA) is 40.5 Å². The first-order valence-corrected chi connectivity index (χ1v) is 4.83. The zero-order chi connectivity index (χ0) is 10.2. The van der Waals surface area contributed by atoms with Gasteiger partial charge in [0.15, 0.2) is 0 Å². The van der Waals surface area contributed by atoms with E-state index in [4.69, 9.17) is 10.2 Å². The molecule has 0 saturated carbocycles. The summed E-state index contributed by atoms with van der Waals surface area (Å²) in [5.74, 6) is 0. The number of hydrogen-bond acceptors (Lipinski definition) is 2. The minimum Gasteiger partial charge on any atom is -0.396 e. The van der Waals surface area contributed by atoms with Crippen molar-refractivity contribution in [1.29, 1.82) is 0 Å². The van der Waals surface area contributed by atoms with Crippen LogP contribution in [0, 0.1) is 0 Å². The van der Waals surface area contributed by atoms with Crippen molar-refractivity contribution in [2.75, 3.05) is 13.2 Å². The normalized spacial score (nSPS) is 9.86. The molecule has 0 aliphatic heterocycles. The van der Waals surface area contributed by atoms with Crippen LogP contribution in [0.1, 0.15) is 18.4 Å². The number of rotatable bonds is 5. The van der Waals surface area contributed by atoms with Crippen LogP contribution in [0.4, 0.5) is 0 Å². The first kappa shape index (κ1) is 11.0. The van der Waals surface area contributed by atoms with Gasteiger partial charge in [-0.05, 0) is 18.4 Å². The fourth-order valence-corrected chi connectivity index (χ4v) is 1.34. The van der Waals surface area contributed by atoms with Gasteiger partial charge in [0.2, 0.25) is 0 Å². The van der Waals surface area contributed by atoms with E-state index in [1.807, 2.05) is 36.4 Å². The maximum atomic E-state index is 8.82. The lowest BCUT2D eigenvalue weighted by molar-refractivity contribution is 0.281. The van der Waals surface area contributed by atoms with Crippen LogP contribution in [0.25, 0.3) is 6.08 Å². The highest BCUT2D eigenvalue weighted by atomic mass is 16.3. The summed E-state index contributed by atoms with van der Waals surface area (Å²) in [4.78, 5) is 0. The largest absolute Gasteiger partial charge is 0.396 e. The Hall–Kier alpha value is -1.12. The Bertz CT molecular complexity index is 270. The Kier molecular flexibility index (Phi) is 4.97. The van der Waals surface area contributed by atoms with Crippen molar-refractivity contribution in [2.24, 2.45) is 0 Å². The van der Waals surface area contributed by atoms with E-state index in [-0.39, 0.29) is 13.2 Å². The first-order valence-electron chi connectivity index (χ1n) is 4.83. The predicted octanol–water partition coefficient (Wildman–Crippen LogP) is 1.83. The van der Waals surface area contributed by atoms with Crippen LogP contribution in [-0.2, 0) is 0 Å². The summed E-state index contributed by atoms with van der Waals surface area (Å²) in [7, 11) is 0. The van der Waals surface area contributed by atoms with Gasteiger partial charge in [0, 0.05) is 13.2 Å². The van der Waals surface area contributed by atoms with Crippen LogP contribution in [-0.4, -0.2) is 23.4 Å². The Labute approximate surface area is 84.5 Å². The molecule has 2 heteroatoms. The molecule has 1 aromatic carbocycles. The lowest BCUT2D eigenvalue weighted by Gasteiger charge is -2.03. The van der Waals surface area contributed by atoms with E-state index in [1.54, 1.807) is 0 Å². The minimum atomic E-state index is 0.138. The summed E-state index contributed by atoms with van der Waals surface area (Å²) in [6.45, 7) is 0.275. The van der Waals surface area contributed by atoms with Crippen molar-refractivity contribution < 1.29 is 10.2 Å². The van der Waals surface area contributed by atoms with Gasteiger partial charge in [-0.2, -0.15) is 0 Å². The van der Waals surface area contributed by atoms with Crippen molar-refractivity contribution in [3.05, 3.63) is 41.5 Å². The van der Waals surface area contributed by atoms with E-state index in [0.717, 1.165) is 11.1 Å². The molecule has 0 heterocycles. The van der Waals surface area contributed by atoms with Crippen molar-refractivity contribution in [2.45, 2.75) is 12.8 Å². The van der Waals surface area contributed by atoms with Crippen molar-refractivity contribution in [3.8, 4) is 0 Å². The van der Waals surface area contributed by atoms with Crippen LogP contribution in [0.5, 0.6) is 0 Å². The summed E-state index contributed by atoms with van der Waals surface area (Å²) in [5, 5.41) is 17.6. The smallest absolute Gasteiger partial charge is 0.0468 e. The maximum absolute atomic E-state index is 8.82. The van der Waals surface area contributed by atoms with E-state index in [1.165, 1.54) is 0 Å². The molecule has 0 aromatic heterocycles. The van der Waals surface area contributed by atoms with Gasteiger partial charge in [-0.3, -0.25) is 0 Å². The molecular weight excluding hydrogens is 176 g/mol. The van der Waals surface area contributed by atoms with Crippen molar-refractivity contribution in [1.82, 2.24) is 0 Å². The molecule has 0 spiro atoms. The molecule has 0 saturated heterocycles. The number of benzene rings is 1. The van der Waals surface area contributed by atoms with Crippen molar-refractivity contribution >= 4 is 6.08 Å². The van der Waals surface area contributed by atoms with Crippen LogP contribution in [0.3, 0.4) is 0 Å². The summed E-state index contributed by atoms with van der Waals surface area (Å²) < 4.78 is 0. The van der Waals surface area contributed by atoms with E-state index in [2.05, 4.69) is 0 Å². The fraction of sp³-hybridized carbons (Fsp3) is 0.333. The second-order valence-electron chi connectivity index (χ2n) is 3.16. The Balaban J connectivity index is 2.71. The molecule has 0 atom stereocenters. The Morgan fingerprint density at radius 3 is 2.07 bits per heavy atom. The average molecular weight is 192 g/mol. The molecule has 2 N–H and O–H groups in total. The molecule has 14 heavy (non-hydrogen) atoms. The third-order valence-electron chi connectivity index (χ3n) is 2.04. The molecule has 76 valence electrons. The molecular formula is C12H16O2. The molecule has 0 aliphatic carbocycles. The highest BCUT2D eigenvalue weighted by Gasteiger charge is 1.96. The van der Waals surface area contributed by atoms with Gasteiger partial charge in [-0.25, -0.2) is 0 Å². The fourth-order valence-electron chi connectivity index (χ4n) is 1.34. The summed E-state index contributed by atoms with van der Waals surface area (Å²) in [6.07, 6.45) is 3.29. The van der Waals surface area contributed by atoms with E-state index < -0.39 is 0 Å². The molecule has 1 aromatic rings. The summed E-state index contributed by atoms with van der Waals surface area (Å²) >= 11 is 0. The zero-order valence-electron chi connectivity index (χ0n) is 8.19. The van der Waals surface area contributed by atoms with Crippen LogP contribution < -0.4 is 0 Å². The van der Waals surface area contributed by atoms with Gasteiger partial charge in [-0.15, -0.1) is 0 Å². The van der Waals surface area contributed by atoms with Crippen LogP contribution in [0.2, 0.25) is 0 Å². The molecule has 0 unspecified atom stereocenters. The molecule has 0 amide bonds. The molecule has 2 nitrogen and oxygen atoms in total. The third-order valence-corrected chi connectivity index (χ3v) is 2.04.